The predicted octanol–water partition coefficient (Wildman–Crippen LogP) is 3.90. The molecule has 0 unspecified atom stereocenters. The van der Waals surface area contributed by atoms with Crippen LogP contribution in [0.1, 0.15) is 18.9 Å². The van der Waals surface area contributed by atoms with Gasteiger partial charge in [-0.05, 0) is 48.7 Å². The lowest BCUT2D eigenvalue weighted by atomic mass is 10.0. The first-order valence-electron chi connectivity index (χ1n) is 8.95. The molecule has 2 aromatic carbocycles. The SMILES string of the molecule is C=CC(=O)N1CCC(n2cc3cc(-c4c(O)cccc4F)ccc3n2)CC1. The van der Waals surface area contributed by atoms with Crippen LogP contribution in [0.25, 0.3) is 22.0 Å². The van der Waals surface area contributed by atoms with E-state index >= 15 is 0 Å². The Morgan fingerprint density at radius 1 is 1.26 bits per heavy atom. The molecule has 6 heteroatoms. The lowest BCUT2D eigenvalue weighted by molar-refractivity contribution is -0.127. The zero-order valence-corrected chi connectivity index (χ0v) is 14.8. The van der Waals surface area contributed by atoms with E-state index in [1.54, 1.807) is 11.0 Å². The molecule has 27 heavy (non-hydrogen) atoms. The van der Waals surface area contributed by atoms with E-state index in [2.05, 4.69) is 11.7 Å². The monoisotopic (exact) mass is 365 g/mol. The number of aromatic hydroxyl groups is 1. The summed E-state index contributed by atoms with van der Waals surface area (Å²) >= 11 is 0. The quantitative estimate of drug-likeness (QED) is 0.716. The summed E-state index contributed by atoms with van der Waals surface area (Å²) < 4.78 is 16.1. The van der Waals surface area contributed by atoms with Crippen molar-refractivity contribution in [2.45, 2.75) is 18.9 Å². The Morgan fingerprint density at radius 3 is 2.74 bits per heavy atom. The number of halogens is 1. The maximum Gasteiger partial charge on any atom is 0.245 e. The van der Waals surface area contributed by atoms with Crippen molar-refractivity contribution in [3.8, 4) is 16.9 Å². The molecule has 0 aliphatic carbocycles. The zero-order chi connectivity index (χ0) is 19.0. The lowest BCUT2D eigenvalue weighted by Crippen LogP contribution is -2.38. The van der Waals surface area contributed by atoms with E-state index < -0.39 is 5.82 Å². The van der Waals surface area contributed by atoms with Gasteiger partial charge in [0.1, 0.15) is 11.6 Å². The number of phenolic OH excluding ortho intramolecular Hbond substituents is 1. The van der Waals surface area contributed by atoms with Crippen LogP contribution in [-0.2, 0) is 4.79 Å². The molecule has 1 saturated heterocycles. The van der Waals surface area contributed by atoms with E-state index in [0.717, 1.165) is 23.7 Å². The van der Waals surface area contributed by atoms with Crippen molar-refractivity contribution in [3.63, 3.8) is 0 Å². The van der Waals surface area contributed by atoms with Crippen LogP contribution in [-0.4, -0.2) is 38.8 Å². The second-order valence-corrected chi connectivity index (χ2v) is 6.78. The molecule has 0 saturated carbocycles. The van der Waals surface area contributed by atoms with Crippen molar-refractivity contribution >= 4 is 16.8 Å². The van der Waals surface area contributed by atoms with Crippen molar-refractivity contribution in [1.82, 2.24) is 14.7 Å². The largest absolute Gasteiger partial charge is 0.507 e. The Hall–Kier alpha value is -3.15. The highest BCUT2D eigenvalue weighted by atomic mass is 19.1. The fraction of sp³-hybridized carbons (Fsp3) is 0.238. The van der Waals surface area contributed by atoms with Crippen LogP contribution in [0, 0.1) is 5.82 Å². The smallest absolute Gasteiger partial charge is 0.245 e. The zero-order valence-electron chi connectivity index (χ0n) is 14.8. The summed E-state index contributed by atoms with van der Waals surface area (Å²) in [5, 5.41) is 15.5. The lowest BCUT2D eigenvalue weighted by Gasteiger charge is -2.31. The molecule has 4 rings (SSSR count). The minimum absolute atomic E-state index is 0.0339. The van der Waals surface area contributed by atoms with Gasteiger partial charge in [0.25, 0.3) is 0 Å². The highest BCUT2D eigenvalue weighted by Crippen LogP contribution is 2.34. The topological polar surface area (TPSA) is 58.4 Å². The van der Waals surface area contributed by atoms with Gasteiger partial charge >= 0.3 is 0 Å². The molecule has 1 amide bonds. The molecule has 0 atom stereocenters. The summed E-state index contributed by atoms with van der Waals surface area (Å²) in [6, 6.07) is 9.95. The standard InChI is InChI=1S/C21H20FN3O2/c1-2-20(27)24-10-8-16(9-11-24)25-13-15-12-14(6-7-18(15)23-25)21-17(22)4-3-5-19(21)26/h2-7,12-13,16,26H,1,8-11H2. The van der Waals surface area contributed by atoms with Gasteiger partial charge in [-0.1, -0.05) is 18.7 Å². The van der Waals surface area contributed by atoms with Crippen LogP contribution in [0.3, 0.4) is 0 Å². The number of phenols is 1. The summed E-state index contributed by atoms with van der Waals surface area (Å²) in [6.45, 7) is 4.90. The van der Waals surface area contributed by atoms with Crippen LogP contribution in [0.2, 0.25) is 0 Å². The molecule has 0 radical (unpaired) electrons. The first kappa shape index (κ1) is 17.3. The second-order valence-electron chi connectivity index (χ2n) is 6.78. The average molecular weight is 365 g/mol. The number of amides is 1. The average Bonchev–Trinajstić information content (AvgIpc) is 3.11. The van der Waals surface area contributed by atoms with E-state index in [1.165, 1.54) is 24.3 Å². The number of fused-ring (bicyclic) bond motifs is 1. The van der Waals surface area contributed by atoms with Crippen molar-refractivity contribution < 1.29 is 14.3 Å². The molecule has 2 heterocycles. The van der Waals surface area contributed by atoms with E-state index in [1.807, 2.05) is 23.0 Å². The van der Waals surface area contributed by atoms with E-state index in [9.17, 15) is 14.3 Å². The summed E-state index contributed by atoms with van der Waals surface area (Å²) in [6.07, 6.45) is 4.96. The number of rotatable bonds is 3. The van der Waals surface area contributed by atoms with E-state index in [0.29, 0.717) is 18.7 Å². The van der Waals surface area contributed by atoms with Gasteiger partial charge in [-0.2, -0.15) is 5.10 Å². The third-order valence-corrected chi connectivity index (χ3v) is 5.13. The molecule has 0 bridgehead atoms. The first-order chi connectivity index (χ1) is 13.1. The normalized spacial score (nSPS) is 15.2. The fourth-order valence-electron chi connectivity index (χ4n) is 3.67. The number of nitrogens with zero attached hydrogens (tertiary/aromatic N) is 3. The Balaban J connectivity index is 1.61. The fourth-order valence-corrected chi connectivity index (χ4v) is 3.67. The maximum atomic E-state index is 14.1. The molecular formula is C21H20FN3O2. The summed E-state index contributed by atoms with van der Waals surface area (Å²) in [7, 11) is 0. The van der Waals surface area contributed by atoms with E-state index in [4.69, 9.17) is 0 Å². The van der Waals surface area contributed by atoms with Gasteiger partial charge < -0.3 is 10.0 Å². The third-order valence-electron chi connectivity index (χ3n) is 5.13. The van der Waals surface area contributed by atoms with E-state index in [-0.39, 0.29) is 23.3 Å². The summed E-state index contributed by atoms with van der Waals surface area (Å²) in [5.74, 6) is -0.574. The van der Waals surface area contributed by atoms with Gasteiger partial charge in [-0.15, -0.1) is 0 Å². The maximum absolute atomic E-state index is 14.1. The second kappa shape index (κ2) is 6.87. The molecule has 1 aliphatic rings. The van der Waals surface area contributed by atoms with Gasteiger partial charge in [0.2, 0.25) is 5.91 Å². The first-order valence-corrected chi connectivity index (χ1v) is 8.95. The molecule has 1 fully saturated rings. The van der Waals surface area contributed by atoms with Crippen molar-refractivity contribution in [3.05, 3.63) is 61.1 Å². The molecule has 5 nitrogen and oxygen atoms in total. The highest BCUT2D eigenvalue weighted by molar-refractivity contribution is 5.87. The number of carbonyl (C=O) groups excluding carboxylic acids is 1. The van der Waals surface area contributed by atoms with Crippen LogP contribution in [0.4, 0.5) is 4.39 Å². The van der Waals surface area contributed by atoms with Crippen molar-refractivity contribution in [1.29, 1.82) is 0 Å². The minimum Gasteiger partial charge on any atom is -0.507 e. The van der Waals surface area contributed by atoms with Crippen molar-refractivity contribution in [2.75, 3.05) is 13.1 Å². The Labute approximate surface area is 156 Å². The molecule has 138 valence electrons. The van der Waals surface area contributed by atoms with Gasteiger partial charge in [0, 0.05) is 24.7 Å². The number of hydrogen-bond donors (Lipinski definition) is 1. The van der Waals surface area contributed by atoms with Gasteiger partial charge in [0.15, 0.2) is 0 Å². The van der Waals surface area contributed by atoms with Crippen LogP contribution in [0.15, 0.2) is 55.3 Å². The summed E-state index contributed by atoms with van der Waals surface area (Å²) in [5.41, 5.74) is 1.63. The molecule has 0 spiro atoms. The van der Waals surface area contributed by atoms with Crippen molar-refractivity contribution in [2.24, 2.45) is 0 Å². The molecular weight excluding hydrogens is 345 g/mol. The predicted molar refractivity (Wildman–Crippen MR) is 102 cm³/mol. The Kier molecular flexibility index (Phi) is 4.39. The molecule has 1 N–H and O–H groups in total. The Morgan fingerprint density at radius 2 is 2.04 bits per heavy atom. The van der Waals surface area contributed by atoms with Gasteiger partial charge in [-0.3, -0.25) is 9.48 Å². The molecule has 3 aromatic rings. The number of aromatic nitrogens is 2. The Bertz CT molecular complexity index is 999. The number of likely N-dealkylation sites (tertiary alicyclic amines) is 1. The number of carbonyl (C=O) groups is 1. The number of hydrogen-bond acceptors (Lipinski definition) is 3. The number of piperidine rings is 1. The van der Waals surface area contributed by atoms with Crippen LogP contribution >= 0.6 is 0 Å². The van der Waals surface area contributed by atoms with Crippen LogP contribution < -0.4 is 0 Å². The summed E-state index contributed by atoms with van der Waals surface area (Å²) in [4.78, 5) is 13.5. The third kappa shape index (κ3) is 3.18. The number of benzene rings is 2. The minimum atomic E-state index is -0.457. The highest BCUT2D eigenvalue weighted by Gasteiger charge is 2.23. The van der Waals surface area contributed by atoms with Crippen LogP contribution in [0.5, 0.6) is 5.75 Å². The molecule has 1 aromatic heterocycles. The van der Waals surface area contributed by atoms with Gasteiger partial charge in [0.05, 0.1) is 17.1 Å². The molecule has 1 aliphatic heterocycles. The van der Waals surface area contributed by atoms with Gasteiger partial charge in [-0.25, -0.2) is 4.39 Å².